The van der Waals surface area contributed by atoms with Gasteiger partial charge in [-0.15, -0.1) is 0 Å². The Hall–Kier alpha value is -1.32. The summed E-state index contributed by atoms with van der Waals surface area (Å²) in [6.07, 6.45) is 7.26. The maximum atomic E-state index is 5.61. The number of anilines is 2. The van der Waals surface area contributed by atoms with Crippen molar-refractivity contribution in [1.82, 2.24) is 9.97 Å². The van der Waals surface area contributed by atoms with Gasteiger partial charge < -0.3 is 11.1 Å². The van der Waals surface area contributed by atoms with Crippen LogP contribution in [0.4, 0.5) is 11.6 Å². The SMILES string of the molecule is Nc1cc(NCC2CC3CCC2C3)ncn1. The molecule has 3 rings (SSSR count). The first-order chi connectivity index (χ1) is 7.81. The number of fused-ring (bicyclic) bond motifs is 2. The molecule has 3 N–H and O–H groups in total. The molecule has 0 saturated heterocycles. The van der Waals surface area contributed by atoms with E-state index in [9.17, 15) is 0 Å². The minimum atomic E-state index is 0.533. The van der Waals surface area contributed by atoms with Crippen LogP contribution in [0.25, 0.3) is 0 Å². The molecule has 1 aromatic heterocycles. The molecule has 2 aliphatic rings. The quantitative estimate of drug-likeness (QED) is 0.813. The Morgan fingerprint density at radius 3 is 2.94 bits per heavy atom. The molecule has 2 fully saturated rings. The van der Waals surface area contributed by atoms with Gasteiger partial charge >= 0.3 is 0 Å². The first-order valence-corrected chi connectivity index (χ1v) is 6.12. The molecule has 2 bridgehead atoms. The van der Waals surface area contributed by atoms with Crippen LogP contribution in [0.15, 0.2) is 12.4 Å². The van der Waals surface area contributed by atoms with Crippen molar-refractivity contribution in [3.8, 4) is 0 Å². The van der Waals surface area contributed by atoms with Crippen LogP contribution in [0.3, 0.4) is 0 Å². The molecule has 1 aromatic rings. The standard InChI is InChI=1S/C12H18N4/c13-11-5-12(16-7-15-11)14-6-10-4-8-1-2-9(10)3-8/h5,7-10H,1-4,6H2,(H3,13,14,15,16). The molecule has 4 nitrogen and oxygen atoms in total. The lowest BCUT2D eigenvalue weighted by Crippen LogP contribution is -2.20. The Kier molecular flexibility index (Phi) is 2.42. The topological polar surface area (TPSA) is 63.8 Å². The molecular weight excluding hydrogens is 200 g/mol. The minimum Gasteiger partial charge on any atom is -0.384 e. The molecule has 0 spiro atoms. The molecule has 0 radical (unpaired) electrons. The van der Waals surface area contributed by atoms with Gasteiger partial charge in [-0.1, -0.05) is 6.42 Å². The van der Waals surface area contributed by atoms with Crippen molar-refractivity contribution >= 4 is 11.6 Å². The molecule has 2 aliphatic carbocycles. The predicted molar refractivity (Wildman–Crippen MR) is 63.9 cm³/mol. The summed E-state index contributed by atoms with van der Waals surface area (Å²) in [5, 5.41) is 3.38. The summed E-state index contributed by atoms with van der Waals surface area (Å²) in [6.45, 7) is 1.04. The van der Waals surface area contributed by atoms with Gasteiger partial charge in [-0.2, -0.15) is 0 Å². The smallest absolute Gasteiger partial charge is 0.131 e. The largest absolute Gasteiger partial charge is 0.384 e. The summed E-state index contributed by atoms with van der Waals surface area (Å²) in [4.78, 5) is 8.04. The second-order valence-corrected chi connectivity index (χ2v) is 5.14. The summed E-state index contributed by atoms with van der Waals surface area (Å²) in [7, 11) is 0. The first-order valence-electron chi connectivity index (χ1n) is 6.12. The number of rotatable bonds is 3. The van der Waals surface area contributed by atoms with Crippen molar-refractivity contribution < 1.29 is 0 Å². The van der Waals surface area contributed by atoms with Crippen LogP contribution >= 0.6 is 0 Å². The molecule has 4 heteroatoms. The number of nitrogen functional groups attached to an aromatic ring is 1. The summed E-state index contributed by atoms with van der Waals surface area (Å²) in [5.74, 6) is 4.19. The van der Waals surface area contributed by atoms with E-state index in [2.05, 4.69) is 15.3 Å². The number of hydrogen-bond donors (Lipinski definition) is 2. The molecule has 2 saturated carbocycles. The average molecular weight is 218 g/mol. The van der Waals surface area contributed by atoms with E-state index in [0.717, 1.165) is 30.1 Å². The van der Waals surface area contributed by atoms with Crippen molar-refractivity contribution in [1.29, 1.82) is 0 Å². The van der Waals surface area contributed by atoms with Crippen molar-refractivity contribution in [3.05, 3.63) is 12.4 Å². The van der Waals surface area contributed by atoms with Crippen molar-refractivity contribution in [2.45, 2.75) is 25.7 Å². The Morgan fingerprint density at radius 1 is 1.31 bits per heavy atom. The van der Waals surface area contributed by atoms with Gasteiger partial charge in [0.15, 0.2) is 0 Å². The molecule has 3 atom stereocenters. The maximum absolute atomic E-state index is 5.61. The number of aromatic nitrogens is 2. The van der Waals surface area contributed by atoms with Gasteiger partial charge in [0.25, 0.3) is 0 Å². The third-order valence-electron chi connectivity index (χ3n) is 4.12. The van der Waals surface area contributed by atoms with Gasteiger partial charge in [0.05, 0.1) is 0 Å². The third kappa shape index (κ3) is 1.84. The van der Waals surface area contributed by atoms with Crippen molar-refractivity contribution in [3.63, 3.8) is 0 Å². The van der Waals surface area contributed by atoms with Crippen LogP contribution in [0.5, 0.6) is 0 Å². The van der Waals surface area contributed by atoms with Crippen LogP contribution in [0.2, 0.25) is 0 Å². The Labute approximate surface area is 95.7 Å². The van der Waals surface area contributed by atoms with Crippen LogP contribution in [0.1, 0.15) is 25.7 Å². The second kappa shape index (κ2) is 3.92. The highest BCUT2D eigenvalue weighted by Crippen LogP contribution is 2.48. The van der Waals surface area contributed by atoms with Gasteiger partial charge in [-0.05, 0) is 37.0 Å². The lowest BCUT2D eigenvalue weighted by Gasteiger charge is -2.21. The highest BCUT2D eigenvalue weighted by atomic mass is 15.0. The zero-order valence-electron chi connectivity index (χ0n) is 9.39. The fourth-order valence-electron chi connectivity index (χ4n) is 3.33. The van der Waals surface area contributed by atoms with Crippen molar-refractivity contribution in [2.75, 3.05) is 17.6 Å². The second-order valence-electron chi connectivity index (χ2n) is 5.14. The fourth-order valence-corrected chi connectivity index (χ4v) is 3.33. The van der Waals surface area contributed by atoms with E-state index >= 15 is 0 Å². The van der Waals surface area contributed by atoms with Crippen LogP contribution in [-0.2, 0) is 0 Å². The van der Waals surface area contributed by atoms with E-state index in [4.69, 9.17) is 5.73 Å². The molecule has 1 heterocycles. The fraction of sp³-hybridized carbons (Fsp3) is 0.667. The highest BCUT2D eigenvalue weighted by molar-refractivity contribution is 5.43. The molecule has 16 heavy (non-hydrogen) atoms. The van der Waals surface area contributed by atoms with Gasteiger partial charge in [-0.25, -0.2) is 9.97 Å². The molecular formula is C12H18N4. The molecule has 86 valence electrons. The van der Waals surface area contributed by atoms with E-state index < -0.39 is 0 Å². The number of nitrogens with one attached hydrogen (secondary N) is 1. The molecule has 0 aliphatic heterocycles. The van der Waals surface area contributed by atoms with Crippen LogP contribution < -0.4 is 11.1 Å². The van der Waals surface area contributed by atoms with Gasteiger partial charge in [0, 0.05) is 12.6 Å². The lowest BCUT2D eigenvalue weighted by molar-refractivity contribution is 0.348. The Morgan fingerprint density at radius 2 is 2.25 bits per heavy atom. The Balaban J connectivity index is 1.57. The van der Waals surface area contributed by atoms with Crippen LogP contribution in [-0.4, -0.2) is 16.5 Å². The Bertz CT molecular complexity index is 379. The van der Waals surface area contributed by atoms with E-state index in [1.165, 1.54) is 32.0 Å². The summed E-state index contributed by atoms with van der Waals surface area (Å²) < 4.78 is 0. The van der Waals surface area contributed by atoms with Gasteiger partial charge in [0.2, 0.25) is 0 Å². The lowest BCUT2D eigenvalue weighted by atomic mass is 9.89. The monoisotopic (exact) mass is 218 g/mol. The zero-order chi connectivity index (χ0) is 11.0. The van der Waals surface area contributed by atoms with Crippen molar-refractivity contribution in [2.24, 2.45) is 17.8 Å². The highest BCUT2D eigenvalue weighted by Gasteiger charge is 2.38. The van der Waals surface area contributed by atoms with E-state index in [0.29, 0.717) is 5.82 Å². The minimum absolute atomic E-state index is 0.533. The maximum Gasteiger partial charge on any atom is 0.131 e. The third-order valence-corrected chi connectivity index (χ3v) is 4.12. The molecule has 0 aromatic carbocycles. The summed E-state index contributed by atoms with van der Waals surface area (Å²) in [6, 6.07) is 1.80. The average Bonchev–Trinajstić information content (AvgIpc) is 2.88. The first kappa shape index (κ1) is 9.87. The van der Waals surface area contributed by atoms with Gasteiger partial charge in [0.1, 0.15) is 18.0 Å². The van der Waals surface area contributed by atoms with E-state index in [1.807, 2.05) is 0 Å². The molecule has 0 amide bonds. The van der Waals surface area contributed by atoms with E-state index in [1.54, 1.807) is 6.07 Å². The molecule has 3 unspecified atom stereocenters. The summed E-state index contributed by atoms with van der Waals surface area (Å²) >= 11 is 0. The number of nitrogens with zero attached hydrogens (tertiary/aromatic N) is 2. The summed E-state index contributed by atoms with van der Waals surface area (Å²) in [5.41, 5.74) is 5.61. The zero-order valence-corrected chi connectivity index (χ0v) is 9.39. The normalized spacial score (nSPS) is 31.9. The van der Waals surface area contributed by atoms with E-state index in [-0.39, 0.29) is 0 Å². The predicted octanol–water partition coefficient (Wildman–Crippen LogP) is 1.91. The number of hydrogen-bond acceptors (Lipinski definition) is 4. The number of nitrogens with two attached hydrogens (primary N) is 1. The van der Waals surface area contributed by atoms with Crippen LogP contribution in [0, 0.1) is 17.8 Å². The van der Waals surface area contributed by atoms with Gasteiger partial charge in [-0.3, -0.25) is 0 Å².